The van der Waals surface area contributed by atoms with Gasteiger partial charge in [0.15, 0.2) is 0 Å². The van der Waals surface area contributed by atoms with Gasteiger partial charge in [0.25, 0.3) is 0 Å². The van der Waals surface area contributed by atoms with Crippen molar-refractivity contribution in [2.45, 2.75) is 76.2 Å². The van der Waals surface area contributed by atoms with Gasteiger partial charge in [-0.05, 0) is 61.9 Å². The quantitative estimate of drug-likeness (QED) is 0.397. The maximum absolute atomic E-state index is 10.7. The van der Waals surface area contributed by atoms with E-state index >= 15 is 0 Å². The highest BCUT2D eigenvalue weighted by molar-refractivity contribution is 5.66. The van der Waals surface area contributed by atoms with Crippen LogP contribution in [0.5, 0.6) is 0 Å². The van der Waals surface area contributed by atoms with Crippen molar-refractivity contribution in [2.75, 3.05) is 19.7 Å². The Morgan fingerprint density at radius 1 is 0.886 bits per heavy atom. The van der Waals surface area contributed by atoms with Crippen LogP contribution in [0.2, 0.25) is 0 Å². The van der Waals surface area contributed by atoms with Gasteiger partial charge < -0.3 is 14.6 Å². The summed E-state index contributed by atoms with van der Waals surface area (Å²) < 4.78 is 12.8. The van der Waals surface area contributed by atoms with Gasteiger partial charge in [-0.3, -0.25) is 9.69 Å². The molecule has 0 amide bonds. The van der Waals surface area contributed by atoms with Gasteiger partial charge in [-0.1, -0.05) is 79.6 Å². The lowest BCUT2D eigenvalue weighted by Gasteiger charge is -2.33. The maximum atomic E-state index is 10.7. The lowest BCUT2D eigenvalue weighted by Crippen LogP contribution is -2.45. The minimum Gasteiger partial charge on any atom is -0.481 e. The molecule has 5 heteroatoms. The van der Waals surface area contributed by atoms with Crippen LogP contribution in [-0.4, -0.2) is 53.9 Å². The van der Waals surface area contributed by atoms with Gasteiger partial charge in [0.1, 0.15) is 0 Å². The zero-order chi connectivity index (χ0) is 24.3. The Morgan fingerprint density at radius 2 is 1.60 bits per heavy atom. The summed E-state index contributed by atoms with van der Waals surface area (Å²) in [6.45, 7) is 3.38. The standard InChI is InChI=1S/C30H39NO4/c32-29(33)13-7-4-10-22-34-30-27(31-20-8-1-2-9-21-31)18-19-28(30)35-23-24-14-16-26(17-15-24)25-11-5-3-6-12-25/h3-6,10-12,14-17,27-28,30H,1-2,7-9,13,18-23H2,(H,32,33)/b10-4-/t27-,28?,30+/m0/s1. The molecule has 1 saturated heterocycles. The topological polar surface area (TPSA) is 59.0 Å². The van der Waals surface area contributed by atoms with Gasteiger partial charge in [0, 0.05) is 12.5 Å². The molecular formula is C30H39NO4. The Labute approximate surface area is 209 Å². The first-order valence-electron chi connectivity index (χ1n) is 13.2. The first-order chi connectivity index (χ1) is 17.2. The lowest BCUT2D eigenvalue weighted by molar-refractivity contribution is -0.136. The number of benzene rings is 2. The molecule has 2 aromatic carbocycles. The van der Waals surface area contributed by atoms with Crippen molar-refractivity contribution in [3.8, 4) is 11.1 Å². The van der Waals surface area contributed by atoms with Gasteiger partial charge in [0.05, 0.1) is 25.4 Å². The summed E-state index contributed by atoms with van der Waals surface area (Å²) in [7, 11) is 0. The van der Waals surface area contributed by atoms with Crippen molar-refractivity contribution in [1.82, 2.24) is 4.90 Å². The number of aliphatic carboxylic acids is 1. The van der Waals surface area contributed by atoms with E-state index in [1.54, 1.807) is 0 Å². The fourth-order valence-electron chi connectivity index (χ4n) is 5.31. The van der Waals surface area contributed by atoms with Crippen LogP contribution in [0.15, 0.2) is 66.7 Å². The molecule has 0 bridgehead atoms. The Morgan fingerprint density at radius 3 is 2.31 bits per heavy atom. The molecule has 1 aliphatic carbocycles. The molecule has 2 fully saturated rings. The third-order valence-corrected chi connectivity index (χ3v) is 7.20. The monoisotopic (exact) mass is 477 g/mol. The Bertz CT molecular complexity index is 919. The molecule has 1 heterocycles. The summed E-state index contributed by atoms with van der Waals surface area (Å²) in [6.07, 6.45) is 12.0. The summed E-state index contributed by atoms with van der Waals surface area (Å²) in [5.41, 5.74) is 3.61. The van der Waals surface area contributed by atoms with Gasteiger partial charge in [-0.25, -0.2) is 0 Å². The molecule has 2 aromatic rings. The molecule has 1 aliphatic heterocycles. The summed E-state index contributed by atoms with van der Waals surface area (Å²) in [5.74, 6) is -0.766. The average molecular weight is 478 g/mol. The first-order valence-corrected chi connectivity index (χ1v) is 13.2. The number of hydrogen-bond acceptors (Lipinski definition) is 4. The third-order valence-electron chi connectivity index (χ3n) is 7.20. The van der Waals surface area contributed by atoms with Crippen molar-refractivity contribution in [3.63, 3.8) is 0 Å². The van der Waals surface area contributed by atoms with Crippen molar-refractivity contribution in [3.05, 3.63) is 72.3 Å². The highest BCUT2D eigenvalue weighted by atomic mass is 16.5. The fourth-order valence-corrected chi connectivity index (χ4v) is 5.31. The number of ether oxygens (including phenoxy) is 2. The molecular weight excluding hydrogens is 438 g/mol. The molecule has 0 radical (unpaired) electrons. The van der Waals surface area contributed by atoms with Crippen LogP contribution < -0.4 is 0 Å². The number of nitrogens with zero attached hydrogens (tertiary/aromatic N) is 1. The molecule has 0 aromatic heterocycles. The Kier molecular flexibility index (Phi) is 9.94. The minimum absolute atomic E-state index is 0.0424. The van der Waals surface area contributed by atoms with Crippen LogP contribution in [-0.2, 0) is 20.9 Å². The molecule has 35 heavy (non-hydrogen) atoms. The zero-order valence-electron chi connectivity index (χ0n) is 20.7. The number of likely N-dealkylation sites (tertiary alicyclic amines) is 1. The fraction of sp³-hybridized carbons (Fsp3) is 0.500. The lowest BCUT2D eigenvalue weighted by atomic mass is 10.0. The van der Waals surface area contributed by atoms with E-state index in [0.717, 1.165) is 25.9 Å². The van der Waals surface area contributed by atoms with Crippen molar-refractivity contribution >= 4 is 5.97 Å². The largest absolute Gasteiger partial charge is 0.481 e. The number of allylic oxidation sites excluding steroid dienone is 1. The third kappa shape index (κ3) is 7.76. The second-order valence-corrected chi connectivity index (χ2v) is 9.71. The highest BCUT2D eigenvalue weighted by Gasteiger charge is 2.40. The van der Waals surface area contributed by atoms with Crippen LogP contribution in [0.4, 0.5) is 0 Å². The smallest absolute Gasteiger partial charge is 0.303 e. The van der Waals surface area contributed by atoms with Crippen molar-refractivity contribution < 1.29 is 19.4 Å². The van der Waals surface area contributed by atoms with Crippen LogP contribution in [0.1, 0.15) is 56.9 Å². The number of carboxylic acid groups (broad SMARTS) is 1. The molecule has 1 N–H and O–H groups in total. The van der Waals surface area contributed by atoms with E-state index in [-0.39, 0.29) is 18.6 Å². The van der Waals surface area contributed by atoms with Crippen LogP contribution in [0.25, 0.3) is 11.1 Å². The van der Waals surface area contributed by atoms with Gasteiger partial charge >= 0.3 is 5.97 Å². The predicted octanol–water partition coefficient (Wildman–Crippen LogP) is 6.08. The number of rotatable bonds is 11. The SMILES string of the molecule is O=C(O)CC/C=C\CO[C@H]1C(OCc2ccc(-c3ccccc3)cc2)CC[C@@H]1N1CCCCCC1. The zero-order valence-corrected chi connectivity index (χ0v) is 20.7. The van der Waals surface area contributed by atoms with E-state index < -0.39 is 5.97 Å². The number of carboxylic acids is 1. The van der Waals surface area contributed by atoms with E-state index in [0.29, 0.717) is 25.7 Å². The van der Waals surface area contributed by atoms with E-state index in [9.17, 15) is 4.79 Å². The Hall–Kier alpha value is -2.47. The van der Waals surface area contributed by atoms with E-state index in [1.807, 2.05) is 18.2 Å². The maximum Gasteiger partial charge on any atom is 0.303 e. The number of hydrogen-bond donors (Lipinski definition) is 1. The van der Waals surface area contributed by atoms with Crippen LogP contribution in [0.3, 0.4) is 0 Å². The predicted molar refractivity (Wildman–Crippen MR) is 139 cm³/mol. The summed E-state index contributed by atoms with van der Waals surface area (Å²) in [5, 5.41) is 8.82. The minimum atomic E-state index is -0.766. The van der Waals surface area contributed by atoms with Gasteiger partial charge in [-0.15, -0.1) is 0 Å². The summed E-state index contributed by atoms with van der Waals surface area (Å²) in [6, 6.07) is 19.5. The second-order valence-electron chi connectivity index (χ2n) is 9.71. The number of carbonyl (C=O) groups is 1. The van der Waals surface area contributed by atoms with E-state index in [4.69, 9.17) is 14.6 Å². The second kappa shape index (κ2) is 13.6. The van der Waals surface area contributed by atoms with Crippen LogP contribution >= 0.6 is 0 Å². The normalized spacial score (nSPS) is 23.5. The van der Waals surface area contributed by atoms with Crippen molar-refractivity contribution in [2.24, 2.45) is 0 Å². The molecule has 2 aliphatic rings. The van der Waals surface area contributed by atoms with E-state index in [2.05, 4.69) is 53.4 Å². The molecule has 188 valence electrons. The molecule has 0 spiro atoms. The van der Waals surface area contributed by atoms with Gasteiger partial charge in [0.2, 0.25) is 0 Å². The first kappa shape index (κ1) is 25.6. The summed E-state index contributed by atoms with van der Waals surface area (Å²) in [4.78, 5) is 13.4. The van der Waals surface area contributed by atoms with Crippen molar-refractivity contribution in [1.29, 1.82) is 0 Å². The molecule has 1 saturated carbocycles. The average Bonchev–Trinajstić information content (AvgIpc) is 3.08. The van der Waals surface area contributed by atoms with E-state index in [1.165, 1.54) is 42.4 Å². The molecule has 3 atom stereocenters. The summed E-state index contributed by atoms with van der Waals surface area (Å²) >= 11 is 0. The van der Waals surface area contributed by atoms with Gasteiger partial charge in [-0.2, -0.15) is 0 Å². The highest BCUT2D eigenvalue weighted by Crippen LogP contribution is 2.32. The van der Waals surface area contributed by atoms with Crippen LogP contribution in [0, 0.1) is 0 Å². The molecule has 1 unspecified atom stereocenters. The molecule has 5 nitrogen and oxygen atoms in total. The Balaban J connectivity index is 1.35. The molecule has 4 rings (SSSR count).